The summed E-state index contributed by atoms with van der Waals surface area (Å²) in [6, 6.07) is 56.4. The maximum absolute atomic E-state index is 4.69. The Balaban J connectivity index is 0.972. The van der Waals surface area contributed by atoms with E-state index in [1.54, 1.807) is 0 Å². The van der Waals surface area contributed by atoms with E-state index in [0.717, 1.165) is 66.8 Å². The van der Waals surface area contributed by atoms with Crippen molar-refractivity contribution in [1.82, 2.24) is 19.1 Å². The van der Waals surface area contributed by atoms with Crippen LogP contribution in [0.1, 0.15) is 18.2 Å². The van der Waals surface area contributed by atoms with Gasteiger partial charge in [-0.3, -0.25) is 9.97 Å². The zero-order chi connectivity index (χ0) is 38.3. The first-order valence-electron chi connectivity index (χ1n) is 19.3. The van der Waals surface area contributed by atoms with Crippen molar-refractivity contribution in [3.8, 4) is 55.9 Å². The van der Waals surface area contributed by atoms with Crippen LogP contribution >= 0.6 is 0 Å². The Bertz CT molecular complexity index is 3110. The molecule has 0 saturated carbocycles. The summed E-state index contributed by atoms with van der Waals surface area (Å²) in [6.45, 7) is 6.28. The van der Waals surface area contributed by atoms with Crippen LogP contribution in [-0.2, 0) is 0 Å². The van der Waals surface area contributed by atoms with Crippen LogP contribution in [0.5, 0.6) is 0 Å². The molecule has 10 aromatic rings. The summed E-state index contributed by atoms with van der Waals surface area (Å²) >= 11 is 0. The zero-order valence-electron chi connectivity index (χ0n) is 31.5. The lowest BCUT2D eigenvalue weighted by atomic mass is 10.0. The molecule has 0 aliphatic rings. The lowest BCUT2D eigenvalue weighted by Gasteiger charge is -2.12. The third kappa shape index (κ3) is 5.96. The number of aromatic nitrogens is 4. The summed E-state index contributed by atoms with van der Waals surface area (Å²) < 4.78 is 4.66. The van der Waals surface area contributed by atoms with Crippen LogP contribution in [-0.4, -0.2) is 19.1 Å². The quantitative estimate of drug-likeness (QED) is 0.156. The van der Waals surface area contributed by atoms with E-state index >= 15 is 0 Å². The fraction of sp³-hybridized carbons (Fsp3) is 0.0189. The normalized spacial score (nSPS) is 11.6. The first kappa shape index (κ1) is 34.0. The predicted molar refractivity (Wildman–Crippen MR) is 240 cm³/mol. The van der Waals surface area contributed by atoms with Gasteiger partial charge in [-0.15, -0.1) is 0 Å². The predicted octanol–water partition coefficient (Wildman–Crippen LogP) is 13.9. The second kappa shape index (κ2) is 14.3. The van der Waals surface area contributed by atoms with E-state index in [9.17, 15) is 0 Å². The van der Waals surface area contributed by atoms with Gasteiger partial charge in [0.15, 0.2) is 0 Å². The summed E-state index contributed by atoms with van der Waals surface area (Å²) in [4.78, 5) is 9.19. The Hall–Kier alpha value is -7.56. The molecule has 0 spiro atoms. The van der Waals surface area contributed by atoms with Crippen molar-refractivity contribution in [3.05, 3.63) is 206 Å². The SMILES string of the molecule is C=Cc1c(/C=C\C)n(-c2ccc(-c3cncc(-c4ccc(-n5c6ccncc6c6cc(-c7ccccc7)ccc65)cc4)c3)cc2)c2ccc(-c3ccccc3)cc12. The molecule has 57 heavy (non-hydrogen) atoms. The van der Waals surface area contributed by atoms with Crippen molar-refractivity contribution in [2.24, 2.45) is 0 Å². The Morgan fingerprint density at radius 1 is 0.439 bits per heavy atom. The van der Waals surface area contributed by atoms with Crippen molar-refractivity contribution in [2.75, 3.05) is 0 Å². The minimum Gasteiger partial charge on any atom is -0.309 e. The Morgan fingerprint density at radius 3 is 1.53 bits per heavy atom. The van der Waals surface area contributed by atoms with Gasteiger partial charge in [0.1, 0.15) is 0 Å². The van der Waals surface area contributed by atoms with Crippen molar-refractivity contribution < 1.29 is 0 Å². The molecular weight excluding hydrogens is 693 g/mol. The minimum atomic E-state index is 1.07. The third-order valence-corrected chi connectivity index (χ3v) is 11.0. The smallest absolute Gasteiger partial charge is 0.0571 e. The molecule has 4 nitrogen and oxygen atoms in total. The number of nitrogens with zero attached hydrogens (tertiary/aromatic N) is 4. The molecule has 10 rings (SSSR count). The highest BCUT2D eigenvalue weighted by molar-refractivity contribution is 6.10. The van der Waals surface area contributed by atoms with Crippen molar-refractivity contribution in [1.29, 1.82) is 0 Å². The molecule has 0 fully saturated rings. The Kier molecular flexibility index (Phi) is 8.50. The Labute approximate surface area is 332 Å². The van der Waals surface area contributed by atoms with E-state index < -0.39 is 0 Å². The molecule has 0 saturated heterocycles. The van der Waals surface area contributed by atoms with Gasteiger partial charge in [0.2, 0.25) is 0 Å². The minimum absolute atomic E-state index is 1.07. The number of hydrogen-bond acceptors (Lipinski definition) is 2. The second-order valence-electron chi connectivity index (χ2n) is 14.3. The van der Waals surface area contributed by atoms with Gasteiger partial charge in [-0.25, -0.2) is 0 Å². The highest BCUT2D eigenvalue weighted by Gasteiger charge is 2.17. The van der Waals surface area contributed by atoms with Crippen LogP contribution in [0.15, 0.2) is 195 Å². The molecular formula is C53H38N4. The van der Waals surface area contributed by atoms with E-state index in [1.807, 2.05) is 30.9 Å². The molecule has 0 bridgehead atoms. The molecule has 0 atom stereocenters. The van der Waals surface area contributed by atoms with Gasteiger partial charge < -0.3 is 9.13 Å². The molecule has 0 radical (unpaired) electrons. The number of benzene rings is 6. The summed E-state index contributed by atoms with van der Waals surface area (Å²) in [5, 5.41) is 3.50. The van der Waals surface area contributed by atoms with Crippen LogP contribution in [0.2, 0.25) is 0 Å². The highest BCUT2D eigenvalue weighted by atomic mass is 15.0. The van der Waals surface area contributed by atoms with Gasteiger partial charge in [-0.2, -0.15) is 0 Å². The maximum Gasteiger partial charge on any atom is 0.0571 e. The molecule has 270 valence electrons. The van der Waals surface area contributed by atoms with Gasteiger partial charge in [0, 0.05) is 69.0 Å². The molecule has 4 heterocycles. The van der Waals surface area contributed by atoms with E-state index in [4.69, 9.17) is 4.98 Å². The van der Waals surface area contributed by atoms with E-state index in [-0.39, 0.29) is 0 Å². The Morgan fingerprint density at radius 2 is 0.947 bits per heavy atom. The number of hydrogen-bond donors (Lipinski definition) is 0. The summed E-state index contributed by atoms with van der Waals surface area (Å²) in [5.74, 6) is 0. The summed E-state index contributed by atoms with van der Waals surface area (Å²) in [6.07, 6.45) is 14.0. The largest absolute Gasteiger partial charge is 0.309 e. The van der Waals surface area contributed by atoms with Gasteiger partial charge in [0.05, 0.1) is 22.2 Å². The van der Waals surface area contributed by atoms with Gasteiger partial charge in [-0.05, 0) is 107 Å². The van der Waals surface area contributed by atoms with E-state index in [2.05, 4.69) is 197 Å². The molecule has 4 aromatic heterocycles. The van der Waals surface area contributed by atoms with E-state index in [1.165, 1.54) is 33.0 Å². The van der Waals surface area contributed by atoms with Gasteiger partial charge >= 0.3 is 0 Å². The molecule has 0 unspecified atom stereocenters. The van der Waals surface area contributed by atoms with Crippen LogP contribution < -0.4 is 0 Å². The maximum atomic E-state index is 4.69. The number of allylic oxidation sites excluding steroid dienone is 1. The molecule has 0 amide bonds. The molecule has 0 aliphatic heterocycles. The summed E-state index contributed by atoms with van der Waals surface area (Å²) in [5.41, 5.74) is 17.0. The van der Waals surface area contributed by atoms with Crippen molar-refractivity contribution >= 4 is 44.9 Å². The monoisotopic (exact) mass is 730 g/mol. The number of pyridine rings is 2. The number of rotatable bonds is 8. The van der Waals surface area contributed by atoms with E-state index in [0.29, 0.717) is 0 Å². The standard InChI is InChI=1S/C53H38N4/c1-3-11-50-46(4-2)47-31-40(36-12-7-5-8-13-36)20-26-51(47)56(50)44-22-16-38(17-23-44)42-30-43(34-55-33-42)39-18-24-45(25-19-39)57-52-27-21-41(37-14-9-6-10-15-37)32-48(52)49-35-54-29-28-53(49)57/h3-35H,2H2,1H3/b11-3-. The van der Waals surface area contributed by atoms with Crippen molar-refractivity contribution in [3.63, 3.8) is 0 Å². The van der Waals surface area contributed by atoms with Crippen molar-refractivity contribution in [2.45, 2.75) is 6.92 Å². The third-order valence-electron chi connectivity index (χ3n) is 11.0. The lowest BCUT2D eigenvalue weighted by Crippen LogP contribution is -1.97. The fourth-order valence-electron chi connectivity index (χ4n) is 8.28. The van der Waals surface area contributed by atoms with Crippen LogP contribution in [0.3, 0.4) is 0 Å². The molecule has 6 aromatic carbocycles. The zero-order valence-corrected chi connectivity index (χ0v) is 31.5. The van der Waals surface area contributed by atoms with Crippen LogP contribution in [0, 0.1) is 0 Å². The topological polar surface area (TPSA) is 35.6 Å². The lowest BCUT2D eigenvalue weighted by molar-refractivity contribution is 1.10. The highest BCUT2D eigenvalue weighted by Crippen LogP contribution is 2.37. The fourth-order valence-corrected chi connectivity index (χ4v) is 8.28. The summed E-state index contributed by atoms with van der Waals surface area (Å²) in [7, 11) is 0. The van der Waals surface area contributed by atoms with Crippen LogP contribution in [0.4, 0.5) is 0 Å². The van der Waals surface area contributed by atoms with Gasteiger partial charge in [0.25, 0.3) is 0 Å². The molecule has 4 heteroatoms. The average molecular weight is 731 g/mol. The first-order valence-corrected chi connectivity index (χ1v) is 19.3. The molecule has 0 aliphatic carbocycles. The first-order chi connectivity index (χ1) is 28.2. The van der Waals surface area contributed by atoms with Gasteiger partial charge in [-0.1, -0.05) is 116 Å². The molecule has 0 N–H and O–H groups in total. The number of fused-ring (bicyclic) bond motifs is 4. The second-order valence-corrected chi connectivity index (χ2v) is 14.3. The van der Waals surface area contributed by atoms with Crippen LogP contribution in [0.25, 0.3) is 101 Å². The average Bonchev–Trinajstić information content (AvgIpc) is 3.78.